The molecule has 0 saturated carbocycles. The maximum absolute atomic E-state index is 2.34. The number of hydrogen-bond donors (Lipinski definition) is 0. The first-order valence-electron chi connectivity index (χ1n) is 2.44. The summed E-state index contributed by atoms with van der Waals surface area (Å²) in [5, 5.41) is 0. The zero-order valence-corrected chi connectivity index (χ0v) is 6.08. The van der Waals surface area contributed by atoms with Crippen molar-refractivity contribution in [3.8, 4) is 0 Å². The van der Waals surface area contributed by atoms with Gasteiger partial charge in [-0.05, 0) is 21.8 Å². The topological polar surface area (TPSA) is 0 Å². The van der Waals surface area contributed by atoms with Crippen molar-refractivity contribution in [2.24, 2.45) is 0 Å². The smallest absolute Gasteiger partial charge is 0.0613 e. The van der Waals surface area contributed by atoms with E-state index in [1.165, 1.54) is 0 Å². The maximum atomic E-state index is 2.34. The lowest BCUT2D eigenvalue weighted by molar-refractivity contribution is 1.10. The zero-order chi connectivity index (χ0) is 5.15. The van der Waals surface area contributed by atoms with Gasteiger partial charge in [-0.1, -0.05) is 14.9 Å². The molecule has 0 aliphatic carbocycles. The van der Waals surface area contributed by atoms with Crippen molar-refractivity contribution in [1.82, 2.24) is 0 Å². The third-order valence-corrected chi connectivity index (χ3v) is 3.46. The molecule has 0 atom stereocenters. The van der Waals surface area contributed by atoms with E-state index in [2.05, 4.69) is 27.2 Å². The molecule has 54 valence electrons. The van der Waals surface area contributed by atoms with Crippen molar-refractivity contribution in [2.45, 2.75) is 34.4 Å². The van der Waals surface area contributed by atoms with E-state index >= 15 is 0 Å². The van der Waals surface area contributed by atoms with Crippen LogP contribution in [0.4, 0.5) is 0 Å². The summed E-state index contributed by atoms with van der Waals surface area (Å²) in [6, 6.07) is 0. The van der Waals surface area contributed by atoms with Gasteiger partial charge in [0, 0.05) is 13.3 Å². The minimum Gasteiger partial charge on any atom is -0.0776 e. The van der Waals surface area contributed by atoms with Crippen molar-refractivity contribution < 1.29 is 0 Å². The summed E-state index contributed by atoms with van der Waals surface area (Å²) >= 11 is 0. The first-order valence-corrected chi connectivity index (χ1v) is 5.02. The fourth-order valence-electron chi connectivity index (χ4n) is 0. The van der Waals surface area contributed by atoms with Gasteiger partial charge in [-0.3, -0.25) is 0 Å². The molecule has 0 fully saturated rings. The Labute approximate surface area is 56.4 Å². The Morgan fingerprint density at radius 2 is 1.12 bits per heavy atom. The highest BCUT2D eigenvalue weighted by Gasteiger charge is 2.03. The lowest BCUT2D eigenvalue weighted by Crippen LogP contribution is -1.86. The van der Waals surface area contributed by atoms with E-state index in [0.29, 0.717) is 0 Å². The molecule has 0 radical (unpaired) electrons. The normalized spacial score (nSPS) is 8.25. The molecule has 0 spiro atoms. The lowest BCUT2D eigenvalue weighted by Gasteiger charge is -1.98. The van der Waals surface area contributed by atoms with Crippen LogP contribution in [0.15, 0.2) is 0 Å². The molecule has 0 amide bonds. The van der Waals surface area contributed by atoms with Crippen LogP contribution in [-0.2, 0) is 0 Å². The van der Waals surface area contributed by atoms with E-state index in [-0.39, 0.29) is 22.8 Å². The van der Waals surface area contributed by atoms with Gasteiger partial charge < -0.3 is 0 Å². The summed E-state index contributed by atoms with van der Waals surface area (Å²) in [6.45, 7) is 9.26. The second-order valence-electron chi connectivity index (χ2n) is 2.23. The fourth-order valence-corrected chi connectivity index (χ4v) is 0. The van der Waals surface area contributed by atoms with E-state index in [4.69, 9.17) is 0 Å². The Hall–Kier alpha value is 0.430. The molecular weight excluding hydrogens is 115 g/mol. The average Bonchev–Trinajstić information content (AvgIpc) is 1.36. The van der Waals surface area contributed by atoms with Gasteiger partial charge in [-0.15, -0.1) is 0 Å². The molecule has 0 aromatic carbocycles. The number of rotatable bonds is 1. The molecule has 0 saturated heterocycles. The van der Waals surface area contributed by atoms with Gasteiger partial charge in [-0.2, -0.15) is 0 Å². The summed E-state index contributed by atoms with van der Waals surface area (Å²) in [5.74, 6) is 0. The second-order valence-corrected chi connectivity index (χ2v) is 5.54. The van der Waals surface area contributed by atoms with Gasteiger partial charge in [0.25, 0.3) is 0 Å². The van der Waals surface area contributed by atoms with Crippen molar-refractivity contribution >= 4 is 7.92 Å². The summed E-state index contributed by atoms with van der Waals surface area (Å²) in [4.78, 5) is 0. The first-order chi connectivity index (χ1) is 2.64. The van der Waals surface area contributed by atoms with Crippen LogP contribution >= 0.6 is 7.92 Å². The van der Waals surface area contributed by atoms with Crippen LogP contribution < -0.4 is 0 Å². The molecule has 0 aromatic rings. The maximum Gasteiger partial charge on any atom is 0.0613 e. The van der Waals surface area contributed by atoms with Crippen LogP contribution in [0, 0.1) is 0 Å². The van der Waals surface area contributed by atoms with E-state index < -0.39 is 0 Å². The van der Waals surface area contributed by atoms with E-state index in [1.807, 2.05) is 0 Å². The SMILES string of the molecule is C.C.CC(C)[PH+](C)C. The summed E-state index contributed by atoms with van der Waals surface area (Å²) < 4.78 is 0. The van der Waals surface area contributed by atoms with E-state index in [1.54, 1.807) is 0 Å². The van der Waals surface area contributed by atoms with Gasteiger partial charge >= 0.3 is 0 Å². The largest absolute Gasteiger partial charge is 0.0776 e. The van der Waals surface area contributed by atoms with Crippen LogP contribution in [0.3, 0.4) is 0 Å². The highest BCUT2D eigenvalue weighted by Crippen LogP contribution is 2.30. The Bertz CT molecular complexity index is 25.4. The molecule has 0 aliphatic rings. The van der Waals surface area contributed by atoms with Gasteiger partial charge in [0.2, 0.25) is 0 Å². The van der Waals surface area contributed by atoms with Crippen molar-refractivity contribution in [1.29, 1.82) is 0 Å². The molecule has 0 rings (SSSR count). The molecule has 0 nitrogen and oxygen atoms in total. The van der Waals surface area contributed by atoms with Crippen molar-refractivity contribution in [3.05, 3.63) is 0 Å². The van der Waals surface area contributed by atoms with Crippen LogP contribution in [0.25, 0.3) is 0 Å². The van der Waals surface area contributed by atoms with Crippen LogP contribution in [0.5, 0.6) is 0 Å². The summed E-state index contributed by atoms with van der Waals surface area (Å²) in [7, 11) is 0.0484. The Balaban J connectivity index is -0.000000125. The molecule has 0 N–H and O–H groups in total. The molecule has 1 heteroatoms. The molecule has 0 bridgehead atoms. The molecule has 0 heterocycles. The summed E-state index contributed by atoms with van der Waals surface area (Å²) in [5.41, 5.74) is 0.954. The third kappa shape index (κ3) is 9.66. The van der Waals surface area contributed by atoms with Crippen LogP contribution in [-0.4, -0.2) is 19.0 Å². The minimum atomic E-state index is 0. The summed E-state index contributed by atoms with van der Waals surface area (Å²) in [6.07, 6.45) is 0. The van der Waals surface area contributed by atoms with Crippen LogP contribution in [0.1, 0.15) is 28.7 Å². The van der Waals surface area contributed by atoms with Gasteiger partial charge in [0.15, 0.2) is 0 Å². The Morgan fingerprint density at radius 3 is 1.12 bits per heavy atom. The fraction of sp³-hybridized carbons (Fsp3) is 1.00. The molecule has 0 aliphatic heterocycles. The van der Waals surface area contributed by atoms with E-state index in [9.17, 15) is 0 Å². The average molecular weight is 137 g/mol. The predicted octanol–water partition coefficient (Wildman–Crippen LogP) is 3.14. The monoisotopic (exact) mass is 137 g/mol. The van der Waals surface area contributed by atoms with Crippen LogP contribution in [0.2, 0.25) is 0 Å². The minimum absolute atomic E-state index is 0. The van der Waals surface area contributed by atoms with Gasteiger partial charge in [0.1, 0.15) is 0 Å². The Morgan fingerprint density at radius 1 is 1.00 bits per heavy atom. The highest BCUT2D eigenvalue weighted by atomic mass is 31.1. The van der Waals surface area contributed by atoms with Gasteiger partial charge in [-0.25, -0.2) is 0 Å². The Kier molecular flexibility index (Phi) is 14.7. The van der Waals surface area contributed by atoms with Crippen molar-refractivity contribution in [2.75, 3.05) is 13.3 Å². The molecule has 0 unspecified atom stereocenters. The molecular formula is C7H22P+. The van der Waals surface area contributed by atoms with Gasteiger partial charge in [0.05, 0.1) is 5.66 Å². The standard InChI is InChI=1S/C5H13P.2CH4/c1-5(2)6(3)4;;/h5H,1-4H3;2*1H4/p+1. The second kappa shape index (κ2) is 7.43. The van der Waals surface area contributed by atoms with Crippen molar-refractivity contribution in [3.63, 3.8) is 0 Å². The quantitative estimate of drug-likeness (QED) is 0.487. The molecule has 0 aromatic heterocycles. The van der Waals surface area contributed by atoms with E-state index in [0.717, 1.165) is 5.66 Å². The lowest BCUT2D eigenvalue weighted by atomic mass is 10.6. The number of hydrogen-bond acceptors (Lipinski definition) is 0. The molecule has 8 heavy (non-hydrogen) atoms. The first kappa shape index (κ1) is 15.8. The third-order valence-electron chi connectivity index (χ3n) is 1.15. The highest BCUT2D eigenvalue weighted by molar-refractivity contribution is 7.56. The zero-order valence-electron chi connectivity index (χ0n) is 5.08. The predicted molar refractivity (Wildman–Crippen MR) is 48.8 cm³/mol.